The van der Waals surface area contributed by atoms with Crippen LogP contribution in [0.4, 0.5) is 11.4 Å². The Bertz CT molecular complexity index is 1210. The molecule has 1 heterocycles. The summed E-state index contributed by atoms with van der Waals surface area (Å²) in [5, 5.41) is 7.46. The van der Waals surface area contributed by atoms with Gasteiger partial charge in [-0.05, 0) is 41.3 Å². The molecule has 4 aromatic rings. The maximum absolute atomic E-state index is 12.6. The minimum atomic E-state index is -0.356. The first kappa shape index (κ1) is 22.1. The molecular weight excluding hydrogens is 436 g/mol. The normalized spacial score (nSPS) is 10.3. The van der Waals surface area contributed by atoms with E-state index in [0.29, 0.717) is 34.4 Å². The molecule has 0 aliphatic heterocycles. The van der Waals surface area contributed by atoms with Gasteiger partial charge in [-0.15, -0.1) is 11.3 Å². The summed E-state index contributed by atoms with van der Waals surface area (Å²) >= 11 is 1.35. The van der Waals surface area contributed by atoms with Crippen LogP contribution in [-0.2, 0) is 11.4 Å². The van der Waals surface area contributed by atoms with Crippen molar-refractivity contribution in [3.05, 3.63) is 107 Å². The third-order valence-electron chi connectivity index (χ3n) is 4.64. The number of ether oxygens (including phenoxy) is 2. The lowest BCUT2D eigenvalue weighted by Crippen LogP contribution is -2.21. The quantitative estimate of drug-likeness (QED) is 0.342. The predicted molar refractivity (Wildman–Crippen MR) is 130 cm³/mol. The largest absolute Gasteiger partial charge is 0.485 e. The zero-order chi connectivity index (χ0) is 22.9. The lowest BCUT2D eigenvalue weighted by atomic mass is 10.2. The number of carbonyl (C=O) groups excluding carboxylic acids is 2. The van der Waals surface area contributed by atoms with Crippen LogP contribution in [0.5, 0.6) is 11.5 Å². The van der Waals surface area contributed by atoms with Gasteiger partial charge in [0.25, 0.3) is 11.8 Å². The molecule has 0 aliphatic carbocycles. The number of hydrogen-bond donors (Lipinski definition) is 2. The van der Waals surface area contributed by atoms with E-state index >= 15 is 0 Å². The highest BCUT2D eigenvalue weighted by Gasteiger charge is 2.13. The van der Waals surface area contributed by atoms with Crippen LogP contribution in [0.2, 0.25) is 0 Å². The maximum Gasteiger partial charge on any atom is 0.265 e. The molecule has 4 rings (SSSR count). The Morgan fingerprint density at radius 1 is 0.697 bits per heavy atom. The zero-order valence-corrected chi connectivity index (χ0v) is 18.5. The highest BCUT2D eigenvalue weighted by Crippen LogP contribution is 2.28. The summed E-state index contributed by atoms with van der Waals surface area (Å²) in [5.41, 5.74) is 2.03. The summed E-state index contributed by atoms with van der Waals surface area (Å²) in [6, 6.07) is 27.6. The second kappa shape index (κ2) is 11.0. The number of amides is 2. The van der Waals surface area contributed by atoms with Gasteiger partial charge in [0.05, 0.1) is 16.3 Å². The number of para-hydroxylation sites is 4. The Kier molecular flexibility index (Phi) is 7.35. The Morgan fingerprint density at radius 3 is 2.03 bits per heavy atom. The number of nitrogens with one attached hydrogen (secondary N) is 2. The number of carbonyl (C=O) groups is 2. The molecule has 0 unspecified atom stereocenters. The predicted octanol–water partition coefficient (Wildman–Crippen LogP) is 5.60. The van der Waals surface area contributed by atoms with Crippen molar-refractivity contribution < 1.29 is 19.1 Å². The summed E-state index contributed by atoms with van der Waals surface area (Å²) < 4.78 is 11.6. The molecule has 0 radical (unpaired) electrons. The molecule has 6 nitrogen and oxygen atoms in total. The topological polar surface area (TPSA) is 76.7 Å². The van der Waals surface area contributed by atoms with E-state index in [1.165, 1.54) is 11.3 Å². The number of rotatable bonds is 9. The van der Waals surface area contributed by atoms with Gasteiger partial charge in [-0.1, -0.05) is 60.7 Å². The van der Waals surface area contributed by atoms with E-state index in [2.05, 4.69) is 10.6 Å². The van der Waals surface area contributed by atoms with Gasteiger partial charge in [-0.3, -0.25) is 9.59 Å². The lowest BCUT2D eigenvalue weighted by molar-refractivity contribution is -0.118. The zero-order valence-electron chi connectivity index (χ0n) is 17.7. The smallest absolute Gasteiger partial charge is 0.265 e. The van der Waals surface area contributed by atoms with Crippen molar-refractivity contribution in [2.45, 2.75) is 6.61 Å². The van der Waals surface area contributed by atoms with Crippen molar-refractivity contribution in [1.29, 1.82) is 0 Å². The van der Waals surface area contributed by atoms with Crippen molar-refractivity contribution in [1.82, 2.24) is 0 Å². The number of benzene rings is 3. The summed E-state index contributed by atoms with van der Waals surface area (Å²) in [7, 11) is 0. The fourth-order valence-electron chi connectivity index (χ4n) is 3.05. The van der Waals surface area contributed by atoms with Gasteiger partial charge in [0, 0.05) is 0 Å². The molecule has 3 aromatic carbocycles. The van der Waals surface area contributed by atoms with Gasteiger partial charge >= 0.3 is 0 Å². The number of thiophene rings is 1. The first-order valence-electron chi connectivity index (χ1n) is 10.3. The van der Waals surface area contributed by atoms with Crippen LogP contribution >= 0.6 is 11.3 Å². The van der Waals surface area contributed by atoms with Crippen LogP contribution in [0.25, 0.3) is 0 Å². The average Bonchev–Trinajstić information content (AvgIpc) is 3.39. The van der Waals surface area contributed by atoms with Gasteiger partial charge in [-0.2, -0.15) is 0 Å². The Morgan fingerprint density at radius 2 is 1.33 bits per heavy atom. The molecule has 0 saturated carbocycles. The molecule has 166 valence electrons. The first-order valence-corrected chi connectivity index (χ1v) is 11.2. The van der Waals surface area contributed by atoms with Crippen LogP contribution in [0.1, 0.15) is 15.2 Å². The summed E-state index contributed by atoms with van der Waals surface area (Å²) in [6.07, 6.45) is 0. The van der Waals surface area contributed by atoms with E-state index < -0.39 is 0 Å². The fourth-order valence-corrected chi connectivity index (χ4v) is 3.67. The van der Waals surface area contributed by atoms with Crippen molar-refractivity contribution in [3.8, 4) is 11.5 Å². The molecule has 7 heteroatoms. The van der Waals surface area contributed by atoms with Crippen molar-refractivity contribution >= 4 is 34.5 Å². The van der Waals surface area contributed by atoms with Gasteiger partial charge in [0.2, 0.25) is 0 Å². The summed E-state index contributed by atoms with van der Waals surface area (Å²) in [5.74, 6) is 0.443. The van der Waals surface area contributed by atoms with Gasteiger partial charge in [0.15, 0.2) is 18.1 Å². The van der Waals surface area contributed by atoms with Crippen LogP contribution in [0.3, 0.4) is 0 Å². The number of hydrogen-bond acceptors (Lipinski definition) is 5. The van der Waals surface area contributed by atoms with E-state index in [1.54, 1.807) is 42.5 Å². The van der Waals surface area contributed by atoms with E-state index in [9.17, 15) is 9.59 Å². The van der Waals surface area contributed by atoms with Crippen LogP contribution in [-0.4, -0.2) is 18.4 Å². The Balaban J connectivity index is 1.35. The third-order valence-corrected chi connectivity index (χ3v) is 5.51. The molecule has 0 fully saturated rings. The maximum atomic E-state index is 12.6. The molecule has 0 bridgehead atoms. The second-order valence-electron chi connectivity index (χ2n) is 7.03. The molecule has 0 saturated heterocycles. The van der Waals surface area contributed by atoms with Gasteiger partial charge < -0.3 is 20.1 Å². The molecule has 2 N–H and O–H groups in total. The minimum absolute atomic E-state index is 0.209. The van der Waals surface area contributed by atoms with E-state index in [-0.39, 0.29) is 18.4 Å². The van der Waals surface area contributed by atoms with Crippen molar-refractivity contribution in [3.63, 3.8) is 0 Å². The highest BCUT2D eigenvalue weighted by atomic mass is 32.1. The molecule has 1 aromatic heterocycles. The van der Waals surface area contributed by atoms with E-state index in [1.807, 2.05) is 53.9 Å². The SMILES string of the molecule is O=C(COc1ccccc1OCc1ccccc1)Nc1ccccc1NC(=O)c1cccs1. The lowest BCUT2D eigenvalue weighted by Gasteiger charge is -2.14. The van der Waals surface area contributed by atoms with Gasteiger partial charge in [-0.25, -0.2) is 0 Å². The van der Waals surface area contributed by atoms with E-state index in [4.69, 9.17) is 9.47 Å². The van der Waals surface area contributed by atoms with Crippen molar-refractivity contribution in [2.75, 3.05) is 17.2 Å². The number of anilines is 2. The minimum Gasteiger partial charge on any atom is -0.485 e. The molecular formula is C26H22N2O4S. The van der Waals surface area contributed by atoms with Crippen LogP contribution < -0.4 is 20.1 Å². The first-order chi connectivity index (χ1) is 16.2. The van der Waals surface area contributed by atoms with E-state index in [0.717, 1.165) is 5.56 Å². The Labute approximate surface area is 195 Å². The Hall–Kier alpha value is -4.10. The van der Waals surface area contributed by atoms with Crippen LogP contribution in [0.15, 0.2) is 96.4 Å². The standard InChI is InChI=1S/C26H22N2O4S/c29-25(27-20-11-4-5-12-21(20)28-26(30)24-15-8-16-33-24)18-32-23-14-7-6-13-22(23)31-17-19-9-2-1-3-10-19/h1-16H,17-18H2,(H,27,29)(H,28,30). The molecule has 0 aliphatic rings. The van der Waals surface area contributed by atoms with Gasteiger partial charge in [0.1, 0.15) is 6.61 Å². The fraction of sp³-hybridized carbons (Fsp3) is 0.0769. The molecule has 0 atom stereocenters. The monoisotopic (exact) mass is 458 g/mol. The molecule has 33 heavy (non-hydrogen) atoms. The molecule has 0 spiro atoms. The van der Waals surface area contributed by atoms with Crippen molar-refractivity contribution in [2.24, 2.45) is 0 Å². The van der Waals surface area contributed by atoms with Crippen LogP contribution in [0, 0.1) is 0 Å². The molecule has 2 amide bonds. The second-order valence-corrected chi connectivity index (χ2v) is 7.98. The third kappa shape index (κ3) is 6.21. The summed E-state index contributed by atoms with van der Waals surface area (Å²) in [4.78, 5) is 25.5. The highest BCUT2D eigenvalue weighted by molar-refractivity contribution is 7.12. The average molecular weight is 459 g/mol. The summed E-state index contributed by atoms with van der Waals surface area (Å²) in [6.45, 7) is 0.184.